The van der Waals surface area contributed by atoms with Crippen LogP contribution in [0.15, 0.2) is 25.0 Å². The van der Waals surface area contributed by atoms with Crippen molar-refractivity contribution >= 4 is 18.1 Å². The van der Waals surface area contributed by atoms with Gasteiger partial charge in [-0.3, -0.25) is 0 Å². The summed E-state index contributed by atoms with van der Waals surface area (Å²) in [5.74, 6) is -2.07. The fourth-order valence-electron chi connectivity index (χ4n) is 1.77. The molecule has 0 amide bonds. The lowest BCUT2D eigenvalue weighted by atomic mass is 10.2. The van der Waals surface area contributed by atoms with Crippen LogP contribution in [0.3, 0.4) is 0 Å². The molecule has 0 saturated heterocycles. The van der Waals surface area contributed by atoms with Crippen molar-refractivity contribution in [1.82, 2.24) is 19.9 Å². The first-order valence-corrected chi connectivity index (χ1v) is 6.88. The van der Waals surface area contributed by atoms with Gasteiger partial charge in [-0.2, -0.15) is 0 Å². The van der Waals surface area contributed by atoms with Crippen molar-refractivity contribution in [3.8, 4) is 0 Å². The number of aromatic nitrogens is 4. The quantitative estimate of drug-likeness (QED) is 0.371. The summed E-state index contributed by atoms with van der Waals surface area (Å²) in [7, 11) is 0. The van der Waals surface area contributed by atoms with Crippen molar-refractivity contribution in [1.29, 1.82) is 0 Å². The molecule has 2 heterocycles. The van der Waals surface area contributed by atoms with Gasteiger partial charge in [0.2, 0.25) is 0 Å². The highest BCUT2D eigenvalue weighted by atomic mass is 16.8. The number of carbonyl (C=O) groups excluding carboxylic acids is 3. The van der Waals surface area contributed by atoms with Gasteiger partial charge in [0, 0.05) is 36.6 Å². The molecular formula is C13H16N6O5. The highest BCUT2D eigenvalue weighted by Crippen LogP contribution is 2.02. The third kappa shape index (κ3) is 5.00. The molecule has 0 saturated carbocycles. The van der Waals surface area contributed by atoms with Crippen molar-refractivity contribution in [3.05, 3.63) is 36.4 Å². The van der Waals surface area contributed by atoms with Crippen LogP contribution < -0.4 is 11.5 Å². The minimum atomic E-state index is -1.48. The van der Waals surface area contributed by atoms with Crippen LogP contribution in [0, 0.1) is 0 Å². The van der Waals surface area contributed by atoms with Crippen molar-refractivity contribution < 1.29 is 23.9 Å². The van der Waals surface area contributed by atoms with E-state index in [1.165, 1.54) is 25.0 Å². The summed E-state index contributed by atoms with van der Waals surface area (Å²) in [6.45, 7) is 0. The molecule has 0 fully saturated rings. The zero-order valence-electron chi connectivity index (χ0n) is 12.5. The first-order chi connectivity index (χ1) is 11.5. The minimum Gasteiger partial charge on any atom is -0.359 e. The van der Waals surface area contributed by atoms with Crippen LogP contribution >= 0.6 is 0 Å². The Morgan fingerprint density at radius 1 is 0.917 bits per heavy atom. The lowest BCUT2D eigenvalue weighted by Crippen LogP contribution is -2.39. The Balaban J connectivity index is 1.76. The van der Waals surface area contributed by atoms with Crippen molar-refractivity contribution in [2.75, 3.05) is 0 Å². The van der Waals surface area contributed by atoms with Gasteiger partial charge in [-0.05, 0) is 0 Å². The lowest BCUT2D eigenvalue weighted by Gasteiger charge is -2.11. The molecule has 2 atom stereocenters. The molecule has 0 aliphatic carbocycles. The maximum absolute atomic E-state index is 11.6. The predicted molar refractivity (Wildman–Crippen MR) is 78.1 cm³/mol. The summed E-state index contributed by atoms with van der Waals surface area (Å²) in [6.07, 6.45) is 4.47. The number of rotatable bonds is 6. The first kappa shape index (κ1) is 17.3. The smallest absolute Gasteiger partial charge is 0.359 e. The van der Waals surface area contributed by atoms with Crippen molar-refractivity contribution in [2.24, 2.45) is 11.5 Å². The Labute approximate surface area is 135 Å². The normalized spacial score (nSPS) is 13.1. The average Bonchev–Trinajstić information content (AvgIpc) is 3.20. The van der Waals surface area contributed by atoms with Crippen LogP contribution in [0.2, 0.25) is 0 Å². The Morgan fingerprint density at radius 3 is 1.67 bits per heavy atom. The van der Waals surface area contributed by atoms with Crippen molar-refractivity contribution in [3.63, 3.8) is 0 Å². The van der Waals surface area contributed by atoms with E-state index in [9.17, 15) is 14.4 Å². The predicted octanol–water partition coefficient (Wildman–Crippen LogP) is -1.22. The molecular weight excluding hydrogens is 320 g/mol. The molecule has 0 bridgehead atoms. The lowest BCUT2D eigenvalue weighted by molar-refractivity contribution is -0.148. The van der Waals surface area contributed by atoms with E-state index in [4.69, 9.17) is 11.5 Å². The number of hydrogen-bond donors (Lipinski definition) is 4. The SMILES string of the molecule is N[C@@H](Cc1cnc[nH]1)C(=O)OC(=O)OC(=O)[C@@H](N)Cc1cnc[nH]1. The number of imidazole rings is 2. The molecule has 0 aliphatic heterocycles. The highest BCUT2D eigenvalue weighted by molar-refractivity contribution is 5.91. The molecule has 128 valence electrons. The monoisotopic (exact) mass is 336 g/mol. The van der Waals surface area contributed by atoms with E-state index < -0.39 is 30.2 Å². The number of esters is 2. The number of ether oxygens (including phenoxy) is 2. The fourth-order valence-corrected chi connectivity index (χ4v) is 1.77. The van der Waals surface area contributed by atoms with Crippen LogP contribution in [0.4, 0.5) is 4.79 Å². The van der Waals surface area contributed by atoms with Crippen LogP contribution in [0.5, 0.6) is 0 Å². The fraction of sp³-hybridized carbons (Fsp3) is 0.308. The van der Waals surface area contributed by atoms with Gasteiger partial charge < -0.3 is 30.9 Å². The second kappa shape index (κ2) is 7.99. The van der Waals surface area contributed by atoms with Crippen LogP contribution in [-0.2, 0) is 31.9 Å². The number of nitrogens with two attached hydrogens (primary N) is 2. The van der Waals surface area contributed by atoms with E-state index in [-0.39, 0.29) is 12.8 Å². The Bertz CT molecular complexity index is 626. The molecule has 11 nitrogen and oxygen atoms in total. The van der Waals surface area contributed by atoms with Gasteiger partial charge in [0.1, 0.15) is 12.1 Å². The zero-order valence-corrected chi connectivity index (χ0v) is 12.5. The third-order valence-corrected chi connectivity index (χ3v) is 2.96. The number of aromatic amines is 2. The third-order valence-electron chi connectivity index (χ3n) is 2.96. The Hall–Kier alpha value is -3.05. The molecule has 6 N–H and O–H groups in total. The maximum Gasteiger partial charge on any atom is 0.524 e. The second-order valence-corrected chi connectivity index (χ2v) is 4.87. The molecule has 2 rings (SSSR count). The second-order valence-electron chi connectivity index (χ2n) is 4.87. The molecule has 0 radical (unpaired) electrons. The first-order valence-electron chi connectivity index (χ1n) is 6.88. The van der Waals surface area contributed by atoms with E-state index in [2.05, 4.69) is 29.4 Å². The standard InChI is InChI=1S/C13H16N6O5/c14-9(1-7-3-16-5-18-7)11(20)23-13(22)24-12(21)10(15)2-8-4-17-6-19-8/h3-6,9-10H,1-2,14-15H2,(H,16,18)(H,17,19)/t9-,10-/m0/s1. The molecule has 0 spiro atoms. The molecule has 0 unspecified atom stereocenters. The van der Waals surface area contributed by atoms with Gasteiger partial charge in [-0.1, -0.05) is 0 Å². The van der Waals surface area contributed by atoms with Gasteiger partial charge in [-0.25, -0.2) is 24.4 Å². The summed E-state index contributed by atoms with van der Waals surface area (Å²) in [4.78, 5) is 47.8. The number of carbonyl (C=O) groups is 3. The summed E-state index contributed by atoms with van der Waals surface area (Å²) in [6, 6.07) is -2.24. The summed E-state index contributed by atoms with van der Waals surface area (Å²) < 4.78 is 8.72. The molecule has 2 aromatic heterocycles. The van der Waals surface area contributed by atoms with Gasteiger partial charge in [-0.15, -0.1) is 0 Å². The number of H-pyrrole nitrogens is 2. The number of nitrogens with one attached hydrogen (secondary N) is 2. The van der Waals surface area contributed by atoms with Gasteiger partial charge in [0.15, 0.2) is 0 Å². The van der Waals surface area contributed by atoms with Gasteiger partial charge >= 0.3 is 18.1 Å². The van der Waals surface area contributed by atoms with Crippen LogP contribution in [0.25, 0.3) is 0 Å². The number of hydrogen-bond acceptors (Lipinski definition) is 9. The minimum absolute atomic E-state index is 0.0827. The molecule has 11 heteroatoms. The summed E-state index contributed by atoms with van der Waals surface area (Å²) in [5, 5.41) is 0. The Morgan fingerprint density at radius 2 is 1.33 bits per heavy atom. The van der Waals surface area contributed by atoms with Crippen molar-refractivity contribution in [2.45, 2.75) is 24.9 Å². The molecule has 2 aromatic rings. The average molecular weight is 336 g/mol. The number of nitrogens with zero attached hydrogens (tertiary/aromatic N) is 2. The Kier molecular flexibility index (Phi) is 5.76. The van der Waals surface area contributed by atoms with E-state index in [0.29, 0.717) is 11.4 Å². The van der Waals surface area contributed by atoms with Crippen LogP contribution in [-0.4, -0.2) is 50.1 Å². The van der Waals surface area contributed by atoms with Crippen LogP contribution in [0.1, 0.15) is 11.4 Å². The van der Waals surface area contributed by atoms with Gasteiger partial charge in [0.25, 0.3) is 0 Å². The van der Waals surface area contributed by atoms with E-state index in [0.717, 1.165) is 0 Å². The van der Waals surface area contributed by atoms with E-state index in [1.807, 2.05) is 0 Å². The topological polar surface area (TPSA) is 179 Å². The maximum atomic E-state index is 11.6. The van der Waals surface area contributed by atoms with Gasteiger partial charge in [0.05, 0.1) is 12.7 Å². The van der Waals surface area contributed by atoms with E-state index in [1.54, 1.807) is 0 Å². The summed E-state index contributed by atoms with van der Waals surface area (Å²) >= 11 is 0. The van der Waals surface area contributed by atoms with E-state index >= 15 is 0 Å². The molecule has 24 heavy (non-hydrogen) atoms. The highest BCUT2D eigenvalue weighted by Gasteiger charge is 2.25. The summed E-state index contributed by atoms with van der Waals surface area (Å²) in [5.41, 5.74) is 12.4. The zero-order chi connectivity index (χ0) is 17.5. The largest absolute Gasteiger partial charge is 0.524 e. The molecule has 0 aliphatic rings. The molecule has 0 aromatic carbocycles.